The van der Waals surface area contributed by atoms with Gasteiger partial charge in [0.2, 0.25) is 0 Å². The van der Waals surface area contributed by atoms with E-state index in [1.165, 1.54) is 25.3 Å². The number of rotatable bonds is 3. The molecule has 0 radical (unpaired) electrons. The first-order valence-electron chi connectivity index (χ1n) is 3.84. The summed E-state index contributed by atoms with van der Waals surface area (Å²) in [6.45, 7) is -1.23. The molecule has 5 heteroatoms. The van der Waals surface area contributed by atoms with E-state index in [1.54, 1.807) is 0 Å². The maximum atomic E-state index is 13.1. The number of alkyl halides is 2. The van der Waals surface area contributed by atoms with Crippen LogP contribution in [0.2, 0.25) is 0 Å². The zero-order chi connectivity index (χ0) is 10.8. The van der Waals surface area contributed by atoms with E-state index < -0.39 is 12.5 Å². The number of methoxy groups -OCH3 is 1. The second-order valence-electron chi connectivity index (χ2n) is 2.71. The molecule has 0 saturated heterocycles. The number of aliphatic hydroxyl groups excluding tert-OH is 1. The first-order chi connectivity index (χ1) is 6.51. The van der Waals surface area contributed by atoms with Crippen LogP contribution in [0.3, 0.4) is 0 Å². The van der Waals surface area contributed by atoms with Crippen molar-refractivity contribution in [3.05, 3.63) is 28.2 Å². The van der Waals surface area contributed by atoms with Gasteiger partial charge >= 0.3 is 0 Å². The van der Waals surface area contributed by atoms with Crippen molar-refractivity contribution in [3.63, 3.8) is 0 Å². The van der Waals surface area contributed by atoms with Crippen molar-refractivity contribution in [3.8, 4) is 5.75 Å². The third kappa shape index (κ3) is 2.22. The summed E-state index contributed by atoms with van der Waals surface area (Å²) in [6, 6.07) is 4.12. The molecule has 1 N–H and O–H groups in total. The minimum Gasteiger partial charge on any atom is -0.496 e. The molecule has 0 bridgehead atoms. The van der Waals surface area contributed by atoms with Crippen LogP contribution in [-0.2, 0) is 5.92 Å². The summed E-state index contributed by atoms with van der Waals surface area (Å²) in [7, 11) is 1.30. The van der Waals surface area contributed by atoms with Crippen molar-refractivity contribution in [1.29, 1.82) is 0 Å². The third-order valence-electron chi connectivity index (χ3n) is 1.76. The van der Waals surface area contributed by atoms with Crippen LogP contribution in [0, 0.1) is 0 Å². The van der Waals surface area contributed by atoms with Crippen molar-refractivity contribution < 1.29 is 18.6 Å². The average molecular weight is 267 g/mol. The Morgan fingerprint density at radius 1 is 1.50 bits per heavy atom. The van der Waals surface area contributed by atoms with Gasteiger partial charge in [-0.2, -0.15) is 8.78 Å². The van der Waals surface area contributed by atoms with E-state index in [4.69, 9.17) is 9.84 Å². The first kappa shape index (κ1) is 11.4. The van der Waals surface area contributed by atoms with Gasteiger partial charge in [-0.3, -0.25) is 0 Å². The molecule has 0 fully saturated rings. The van der Waals surface area contributed by atoms with Crippen LogP contribution in [0.1, 0.15) is 5.56 Å². The Hall–Kier alpha value is -0.680. The van der Waals surface area contributed by atoms with E-state index in [9.17, 15) is 8.78 Å². The predicted octanol–water partition coefficient (Wildman–Crippen LogP) is 2.54. The quantitative estimate of drug-likeness (QED) is 0.911. The zero-order valence-corrected chi connectivity index (χ0v) is 9.01. The Morgan fingerprint density at radius 2 is 2.14 bits per heavy atom. The minimum absolute atomic E-state index is 0.0541. The summed E-state index contributed by atoms with van der Waals surface area (Å²) in [5, 5.41) is 8.52. The monoisotopic (exact) mass is 266 g/mol. The summed E-state index contributed by atoms with van der Waals surface area (Å²) in [4.78, 5) is 0. The van der Waals surface area contributed by atoms with Gasteiger partial charge in [0.15, 0.2) is 0 Å². The Labute approximate surface area is 88.6 Å². The molecule has 0 aliphatic carbocycles. The fraction of sp³-hybridized carbons (Fsp3) is 0.333. The highest BCUT2D eigenvalue weighted by molar-refractivity contribution is 9.10. The van der Waals surface area contributed by atoms with Gasteiger partial charge in [-0.1, -0.05) is 15.9 Å². The van der Waals surface area contributed by atoms with Gasteiger partial charge in [-0.25, -0.2) is 0 Å². The molecule has 0 aliphatic heterocycles. The van der Waals surface area contributed by atoms with Crippen LogP contribution in [-0.4, -0.2) is 18.8 Å². The molecule has 0 unspecified atom stereocenters. The maximum absolute atomic E-state index is 13.1. The fourth-order valence-electron chi connectivity index (χ4n) is 1.05. The van der Waals surface area contributed by atoms with Crippen molar-refractivity contribution in [2.24, 2.45) is 0 Å². The van der Waals surface area contributed by atoms with E-state index >= 15 is 0 Å². The molecular weight excluding hydrogens is 258 g/mol. The predicted molar refractivity (Wildman–Crippen MR) is 51.7 cm³/mol. The van der Waals surface area contributed by atoms with E-state index in [1.807, 2.05) is 0 Å². The van der Waals surface area contributed by atoms with Crippen molar-refractivity contribution in [2.45, 2.75) is 5.92 Å². The SMILES string of the molecule is COc1cc(Br)ccc1C(F)(F)CO. The number of hydrogen-bond acceptors (Lipinski definition) is 2. The lowest BCUT2D eigenvalue weighted by Gasteiger charge is -2.16. The summed E-state index contributed by atoms with van der Waals surface area (Å²) in [6.07, 6.45) is 0. The Bertz CT molecular complexity index is 329. The van der Waals surface area contributed by atoms with E-state index in [2.05, 4.69) is 15.9 Å². The lowest BCUT2D eigenvalue weighted by atomic mass is 10.1. The molecule has 0 aromatic heterocycles. The van der Waals surface area contributed by atoms with E-state index in [0.29, 0.717) is 4.47 Å². The standard InChI is InChI=1S/C9H9BrF2O2/c1-14-8-4-6(10)2-3-7(8)9(11,12)5-13/h2-4,13H,5H2,1H3. The zero-order valence-electron chi connectivity index (χ0n) is 7.43. The van der Waals surface area contributed by atoms with Crippen LogP contribution < -0.4 is 4.74 Å². The maximum Gasteiger partial charge on any atom is 0.299 e. The lowest BCUT2D eigenvalue weighted by molar-refractivity contribution is -0.0571. The van der Waals surface area contributed by atoms with Crippen LogP contribution in [0.25, 0.3) is 0 Å². The molecule has 1 aromatic carbocycles. The summed E-state index contributed by atoms with van der Waals surface area (Å²) in [5.41, 5.74) is -0.314. The molecular formula is C9H9BrF2O2. The largest absolute Gasteiger partial charge is 0.496 e. The lowest BCUT2D eigenvalue weighted by Crippen LogP contribution is -2.19. The van der Waals surface area contributed by atoms with Gasteiger partial charge in [0.1, 0.15) is 12.4 Å². The fourth-order valence-corrected chi connectivity index (χ4v) is 1.39. The average Bonchev–Trinajstić information content (AvgIpc) is 2.17. The Kier molecular flexibility index (Phi) is 3.44. The van der Waals surface area contributed by atoms with Gasteiger partial charge in [0, 0.05) is 4.47 Å². The molecule has 2 nitrogen and oxygen atoms in total. The molecule has 0 aliphatic rings. The van der Waals surface area contributed by atoms with Crippen LogP contribution >= 0.6 is 15.9 Å². The van der Waals surface area contributed by atoms with Crippen molar-refractivity contribution in [1.82, 2.24) is 0 Å². The molecule has 0 amide bonds. The first-order valence-corrected chi connectivity index (χ1v) is 4.63. The molecule has 1 aromatic rings. The van der Waals surface area contributed by atoms with E-state index in [-0.39, 0.29) is 11.3 Å². The summed E-state index contributed by atoms with van der Waals surface area (Å²) < 4.78 is 31.7. The van der Waals surface area contributed by atoms with Crippen LogP contribution in [0.5, 0.6) is 5.75 Å². The number of aliphatic hydroxyl groups is 1. The number of halogens is 3. The molecule has 78 valence electrons. The molecule has 0 spiro atoms. The summed E-state index contributed by atoms with van der Waals surface area (Å²) >= 11 is 3.14. The highest BCUT2D eigenvalue weighted by Crippen LogP contribution is 2.35. The van der Waals surface area contributed by atoms with Crippen LogP contribution in [0.4, 0.5) is 8.78 Å². The second kappa shape index (κ2) is 4.23. The second-order valence-corrected chi connectivity index (χ2v) is 3.62. The topological polar surface area (TPSA) is 29.5 Å². The molecule has 1 rings (SSSR count). The minimum atomic E-state index is -3.27. The number of benzene rings is 1. The van der Waals surface area contributed by atoms with Gasteiger partial charge in [0.05, 0.1) is 12.7 Å². The van der Waals surface area contributed by atoms with Gasteiger partial charge in [0.25, 0.3) is 5.92 Å². The van der Waals surface area contributed by atoms with Crippen LogP contribution in [0.15, 0.2) is 22.7 Å². The summed E-state index contributed by atoms with van der Waals surface area (Å²) in [5.74, 6) is -3.22. The van der Waals surface area contributed by atoms with E-state index in [0.717, 1.165) is 0 Å². The highest BCUT2D eigenvalue weighted by Gasteiger charge is 2.33. The molecule has 0 saturated carbocycles. The normalized spacial score (nSPS) is 11.5. The third-order valence-corrected chi connectivity index (χ3v) is 2.25. The van der Waals surface area contributed by atoms with Crippen molar-refractivity contribution >= 4 is 15.9 Å². The van der Waals surface area contributed by atoms with Gasteiger partial charge < -0.3 is 9.84 Å². The smallest absolute Gasteiger partial charge is 0.299 e. The Balaban J connectivity index is 3.20. The van der Waals surface area contributed by atoms with Crippen molar-refractivity contribution in [2.75, 3.05) is 13.7 Å². The number of hydrogen-bond donors (Lipinski definition) is 1. The van der Waals surface area contributed by atoms with Gasteiger partial charge in [-0.05, 0) is 18.2 Å². The number of ether oxygens (including phenoxy) is 1. The highest BCUT2D eigenvalue weighted by atomic mass is 79.9. The van der Waals surface area contributed by atoms with Gasteiger partial charge in [-0.15, -0.1) is 0 Å². The Morgan fingerprint density at radius 3 is 2.64 bits per heavy atom. The molecule has 0 heterocycles. The molecule has 0 atom stereocenters. The molecule has 14 heavy (non-hydrogen) atoms.